The molecule has 4 nitrogen and oxygen atoms in total. The average Bonchev–Trinajstić information content (AvgIpc) is 2.45. The van der Waals surface area contributed by atoms with Crippen LogP contribution in [0.5, 0.6) is 5.75 Å². The van der Waals surface area contributed by atoms with Crippen LogP contribution >= 0.6 is 0 Å². The smallest absolute Gasteiger partial charge is 0.309 e. The fraction of sp³-hybridized carbons (Fsp3) is 0.389. The number of carbonyl (C=O) groups excluding carboxylic acids is 1. The molecule has 1 aromatic carbocycles. The molecule has 0 radical (unpaired) electrons. The van der Waals surface area contributed by atoms with Crippen LogP contribution in [0.15, 0.2) is 54.4 Å². The maximum Gasteiger partial charge on any atom is 0.309 e. The molecule has 116 valence electrons. The summed E-state index contributed by atoms with van der Waals surface area (Å²) >= 11 is 0. The summed E-state index contributed by atoms with van der Waals surface area (Å²) in [7, 11) is 0. The zero-order valence-corrected chi connectivity index (χ0v) is 12.7. The molecule has 1 aromatic rings. The molecule has 0 saturated heterocycles. The first-order chi connectivity index (χ1) is 10.6. The van der Waals surface area contributed by atoms with Gasteiger partial charge in [-0.1, -0.05) is 36.8 Å². The fourth-order valence-corrected chi connectivity index (χ4v) is 2.45. The molecule has 1 fully saturated rings. The van der Waals surface area contributed by atoms with Gasteiger partial charge in [0.15, 0.2) is 5.88 Å². The molecule has 1 unspecified atom stereocenters. The lowest BCUT2D eigenvalue weighted by Gasteiger charge is -2.32. The van der Waals surface area contributed by atoms with Crippen LogP contribution < -0.4 is 10.1 Å². The minimum absolute atomic E-state index is 0.0808. The van der Waals surface area contributed by atoms with Gasteiger partial charge in [0.2, 0.25) is 0 Å². The summed E-state index contributed by atoms with van der Waals surface area (Å²) < 4.78 is 11.2. The van der Waals surface area contributed by atoms with Crippen LogP contribution in [0.2, 0.25) is 0 Å². The fourth-order valence-electron chi connectivity index (χ4n) is 2.45. The van der Waals surface area contributed by atoms with Crippen LogP contribution in [0.1, 0.15) is 26.2 Å². The van der Waals surface area contributed by atoms with Crippen molar-refractivity contribution in [3.63, 3.8) is 0 Å². The van der Waals surface area contributed by atoms with Crippen LogP contribution in [-0.4, -0.2) is 18.1 Å². The molecule has 1 heterocycles. The number of allylic oxidation sites excluding steroid dienone is 2. The van der Waals surface area contributed by atoms with E-state index in [1.165, 1.54) is 0 Å². The molecule has 3 rings (SSSR count). The Morgan fingerprint density at radius 2 is 2.09 bits per heavy atom. The maximum atomic E-state index is 11.9. The van der Waals surface area contributed by atoms with Crippen LogP contribution in [0.25, 0.3) is 0 Å². The van der Waals surface area contributed by atoms with Crippen molar-refractivity contribution in [1.82, 2.24) is 5.32 Å². The van der Waals surface area contributed by atoms with Gasteiger partial charge in [0.1, 0.15) is 12.4 Å². The summed E-state index contributed by atoms with van der Waals surface area (Å²) in [6.45, 7) is 2.28. The number of hydrogen-bond donors (Lipinski definition) is 1. The van der Waals surface area contributed by atoms with Gasteiger partial charge in [0, 0.05) is 0 Å². The molecular weight excluding hydrogens is 278 g/mol. The van der Waals surface area contributed by atoms with E-state index in [4.69, 9.17) is 9.47 Å². The summed E-state index contributed by atoms with van der Waals surface area (Å²) in [6, 6.07) is 9.59. The summed E-state index contributed by atoms with van der Waals surface area (Å²) in [4.78, 5) is 11.9. The van der Waals surface area contributed by atoms with Crippen molar-refractivity contribution in [2.75, 3.05) is 6.61 Å². The van der Waals surface area contributed by atoms with Gasteiger partial charge < -0.3 is 14.8 Å². The molecule has 1 N–H and O–H groups in total. The average molecular weight is 299 g/mol. The number of esters is 1. The predicted octanol–water partition coefficient (Wildman–Crippen LogP) is 3.17. The van der Waals surface area contributed by atoms with Gasteiger partial charge in [0.25, 0.3) is 0 Å². The summed E-state index contributed by atoms with van der Waals surface area (Å²) in [5.74, 6) is 1.44. The topological polar surface area (TPSA) is 47.6 Å². The van der Waals surface area contributed by atoms with E-state index in [-0.39, 0.29) is 11.9 Å². The zero-order chi connectivity index (χ0) is 15.4. The Kier molecular flexibility index (Phi) is 4.18. The van der Waals surface area contributed by atoms with Gasteiger partial charge in [-0.05, 0) is 38.0 Å². The standard InChI is InChI=1S/C18H21NO3/c1-18(13-21-17(20)14-7-5-8-14)12-6-11-16(19-18)22-15-9-3-2-4-10-15/h2-4,6,9-12,14,19H,5,7-8,13H2,1H3. The van der Waals surface area contributed by atoms with Gasteiger partial charge >= 0.3 is 5.97 Å². The number of dihydropyridines is 1. The lowest BCUT2D eigenvalue weighted by molar-refractivity contribution is -0.153. The third kappa shape index (κ3) is 3.50. The van der Waals surface area contributed by atoms with E-state index in [2.05, 4.69) is 5.32 Å². The molecule has 22 heavy (non-hydrogen) atoms. The highest BCUT2D eigenvalue weighted by Crippen LogP contribution is 2.28. The Bertz CT molecular complexity index is 590. The Balaban J connectivity index is 1.55. The minimum Gasteiger partial charge on any atom is -0.463 e. The molecule has 0 bridgehead atoms. The lowest BCUT2D eigenvalue weighted by atomic mass is 9.85. The number of ether oxygens (including phenoxy) is 2. The van der Waals surface area contributed by atoms with Crippen LogP contribution in [0.4, 0.5) is 0 Å². The Morgan fingerprint density at radius 3 is 2.77 bits per heavy atom. The Hall–Kier alpha value is -2.23. The first-order valence-electron chi connectivity index (χ1n) is 7.72. The van der Waals surface area contributed by atoms with Crippen molar-refractivity contribution in [1.29, 1.82) is 0 Å². The van der Waals surface area contributed by atoms with Crippen LogP contribution in [0, 0.1) is 5.92 Å². The Labute approximate surface area is 130 Å². The highest BCUT2D eigenvalue weighted by Gasteiger charge is 2.31. The minimum atomic E-state index is -0.446. The highest BCUT2D eigenvalue weighted by molar-refractivity contribution is 5.73. The summed E-state index contributed by atoms with van der Waals surface area (Å²) in [5.41, 5.74) is -0.446. The van der Waals surface area contributed by atoms with E-state index in [0.29, 0.717) is 12.5 Å². The largest absolute Gasteiger partial charge is 0.463 e. The summed E-state index contributed by atoms with van der Waals surface area (Å²) in [5, 5.41) is 3.28. The van der Waals surface area contributed by atoms with E-state index < -0.39 is 5.54 Å². The van der Waals surface area contributed by atoms with Crippen molar-refractivity contribution in [2.45, 2.75) is 31.7 Å². The second kappa shape index (κ2) is 6.26. The number of hydrogen-bond acceptors (Lipinski definition) is 4. The molecule has 2 aliphatic rings. The molecule has 4 heteroatoms. The van der Waals surface area contributed by atoms with Crippen LogP contribution in [-0.2, 0) is 9.53 Å². The second-order valence-corrected chi connectivity index (χ2v) is 6.08. The number of nitrogens with one attached hydrogen (secondary N) is 1. The second-order valence-electron chi connectivity index (χ2n) is 6.08. The monoisotopic (exact) mass is 299 g/mol. The van der Waals surface area contributed by atoms with Gasteiger partial charge in [-0.3, -0.25) is 4.79 Å². The summed E-state index contributed by atoms with van der Waals surface area (Å²) in [6.07, 6.45) is 8.82. The molecule has 0 aromatic heterocycles. The number of carbonyl (C=O) groups is 1. The highest BCUT2D eigenvalue weighted by atomic mass is 16.5. The first-order valence-corrected chi connectivity index (χ1v) is 7.72. The first kappa shape index (κ1) is 14.7. The van der Waals surface area contributed by atoms with Gasteiger partial charge in [-0.25, -0.2) is 0 Å². The molecular formula is C18H21NO3. The third-order valence-corrected chi connectivity index (χ3v) is 4.04. The molecule has 1 aliphatic carbocycles. The van der Waals surface area contributed by atoms with Gasteiger partial charge in [-0.2, -0.15) is 0 Å². The zero-order valence-electron chi connectivity index (χ0n) is 12.7. The van der Waals surface area contributed by atoms with Crippen LogP contribution in [0.3, 0.4) is 0 Å². The van der Waals surface area contributed by atoms with Gasteiger partial charge in [-0.15, -0.1) is 0 Å². The van der Waals surface area contributed by atoms with Crippen molar-refractivity contribution in [3.8, 4) is 5.75 Å². The van der Waals surface area contributed by atoms with E-state index in [1.807, 2.05) is 55.5 Å². The predicted molar refractivity (Wildman–Crippen MR) is 84.1 cm³/mol. The lowest BCUT2D eigenvalue weighted by Crippen LogP contribution is -2.47. The number of para-hydroxylation sites is 1. The molecule has 0 amide bonds. The third-order valence-electron chi connectivity index (χ3n) is 4.04. The number of benzene rings is 1. The molecule has 1 saturated carbocycles. The van der Waals surface area contributed by atoms with E-state index in [1.54, 1.807) is 0 Å². The quantitative estimate of drug-likeness (QED) is 0.848. The van der Waals surface area contributed by atoms with E-state index >= 15 is 0 Å². The normalized spacial score (nSPS) is 24.0. The van der Waals surface area contributed by atoms with E-state index in [9.17, 15) is 4.79 Å². The SMILES string of the molecule is CC1(COC(=O)C2CCC2)C=CC=C(Oc2ccccc2)N1. The molecule has 0 spiro atoms. The number of rotatable bonds is 5. The van der Waals surface area contributed by atoms with E-state index in [0.717, 1.165) is 25.0 Å². The van der Waals surface area contributed by atoms with Crippen molar-refractivity contribution < 1.29 is 14.3 Å². The van der Waals surface area contributed by atoms with Crippen molar-refractivity contribution >= 4 is 5.97 Å². The van der Waals surface area contributed by atoms with Crippen molar-refractivity contribution in [3.05, 3.63) is 54.4 Å². The molecule has 1 atom stereocenters. The Morgan fingerprint density at radius 1 is 1.32 bits per heavy atom. The maximum absolute atomic E-state index is 11.9. The van der Waals surface area contributed by atoms with Crippen molar-refractivity contribution in [2.24, 2.45) is 5.92 Å². The van der Waals surface area contributed by atoms with Gasteiger partial charge in [0.05, 0.1) is 11.5 Å². The molecule has 1 aliphatic heterocycles.